The summed E-state index contributed by atoms with van der Waals surface area (Å²) in [7, 11) is -3.25. The van der Waals surface area contributed by atoms with Crippen LogP contribution in [0.4, 0.5) is 10.6 Å². The van der Waals surface area contributed by atoms with Crippen LogP contribution < -0.4 is 11.1 Å². The fraction of sp³-hybridized carbons (Fsp3) is 0.667. The second kappa shape index (κ2) is 10.2. The van der Waals surface area contributed by atoms with Gasteiger partial charge in [-0.25, -0.2) is 18.2 Å². The number of amides is 2. The smallest absolute Gasteiger partial charge is 0.345 e. The van der Waals surface area contributed by atoms with Crippen molar-refractivity contribution in [3.05, 3.63) is 17.8 Å². The van der Waals surface area contributed by atoms with Crippen LogP contribution in [0.15, 0.2) is 22.0 Å². The molecule has 0 radical (unpaired) electrons. The van der Waals surface area contributed by atoms with Crippen LogP contribution in [0.5, 0.6) is 0 Å². The Labute approximate surface area is 180 Å². The summed E-state index contributed by atoms with van der Waals surface area (Å²) in [5, 5.41) is 3.29. The minimum absolute atomic E-state index is 0.0693. The summed E-state index contributed by atoms with van der Waals surface area (Å²) in [5.41, 5.74) is 6.31. The number of rotatable bonds is 7. The molecule has 1 aliphatic rings. The van der Waals surface area contributed by atoms with Crippen molar-refractivity contribution in [2.45, 2.75) is 51.9 Å². The Kier molecular flexibility index (Phi) is 8.23. The third-order valence-corrected chi connectivity index (χ3v) is 7.00. The number of carbonyl (C=O) groups is 1. The molecule has 168 valence electrons. The van der Waals surface area contributed by atoms with E-state index in [1.165, 1.54) is 6.26 Å². The highest BCUT2D eigenvalue weighted by molar-refractivity contribution is 7.90. The lowest BCUT2D eigenvalue weighted by Gasteiger charge is -2.34. The largest absolute Gasteiger partial charge is 0.387 e. The van der Waals surface area contributed by atoms with Crippen LogP contribution in [0.3, 0.4) is 0 Å². The third-order valence-electron chi connectivity index (χ3n) is 5.77. The molecule has 2 rings (SSSR count). The highest BCUT2D eigenvalue weighted by Crippen LogP contribution is 2.27. The van der Waals surface area contributed by atoms with Crippen LogP contribution in [-0.4, -0.2) is 56.1 Å². The van der Waals surface area contributed by atoms with Gasteiger partial charge in [-0.15, -0.1) is 0 Å². The molecular formula is C21H35N5O3S. The van der Waals surface area contributed by atoms with E-state index in [1.54, 1.807) is 24.0 Å². The maximum atomic E-state index is 12.2. The van der Waals surface area contributed by atoms with Gasteiger partial charge in [-0.2, -0.15) is 4.99 Å². The average molecular weight is 438 g/mol. The summed E-state index contributed by atoms with van der Waals surface area (Å²) in [6.07, 6.45) is 4.09. The number of nitrogens with one attached hydrogen (secondary N) is 1. The van der Waals surface area contributed by atoms with E-state index in [-0.39, 0.29) is 16.8 Å². The van der Waals surface area contributed by atoms with Gasteiger partial charge >= 0.3 is 6.03 Å². The maximum Gasteiger partial charge on any atom is 0.345 e. The van der Waals surface area contributed by atoms with Gasteiger partial charge in [0.2, 0.25) is 0 Å². The second-order valence-corrected chi connectivity index (χ2v) is 10.5. The molecule has 9 heteroatoms. The second-order valence-electron chi connectivity index (χ2n) is 8.54. The number of sulfone groups is 1. The number of aliphatic imine (C=N–C) groups is 1. The highest BCUT2D eigenvalue weighted by atomic mass is 32.2. The molecule has 0 spiro atoms. The number of hydrogen-bond acceptors (Lipinski definition) is 5. The number of aryl methyl sites for hydroxylation is 1. The van der Waals surface area contributed by atoms with Gasteiger partial charge in [0.15, 0.2) is 9.84 Å². The molecule has 1 aromatic rings. The van der Waals surface area contributed by atoms with Gasteiger partial charge in [-0.3, -0.25) is 0 Å². The molecule has 2 heterocycles. The molecule has 0 saturated carbocycles. The van der Waals surface area contributed by atoms with Crippen LogP contribution in [0.1, 0.15) is 45.7 Å². The Balaban J connectivity index is 1.79. The molecule has 2 amide bonds. The number of nitrogens with two attached hydrogens (primary N) is 1. The van der Waals surface area contributed by atoms with Crippen LogP contribution in [-0.2, 0) is 9.84 Å². The first-order valence-electron chi connectivity index (χ1n) is 10.5. The first-order valence-corrected chi connectivity index (χ1v) is 12.4. The molecule has 1 fully saturated rings. The van der Waals surface area contributed by atoms with E-state index in [2.05, 4.69) is 22.2 Å². The van der Waals surface area contributed by atoms with Crippen molar-refractivity contribution < 1.29 is 13.2 Å². The van der Waals surface area contributed by atoms with E-state index in [0.717, 1.165) is 25.8 Å². The van der Waals surface area contributed by atoms with E-state index in [4.69, 9.17) is 5.73 Å². The highest BCUT2D eigenvalue weighted by Gasteiger charge is 2.26. The van der Waals surface area contributed by atoms with Crippen molar-refractivity contribution in [3.63, 3.8) is 0 Å². The lowest BCUT2D eigenvalue weighted by Crippen LogP contribution is -2.39. The summed E-state index contributed by atoms with van der Waals surface area (Å²) in [6, 6.07) is 3.08. The van der Waals surface area contributed by atoms with Gasteiger partial charge in [0, 0.05) is 31.8 Å². The van der Waals surface area contributed by atoms with Gasteiger partial charge in [0.1, 0.15) is 11.7 Å². The Morgan fingerprint density at radius 3 is 2.47 bits per heavy atom. The van der Waals surface area contributed by atoms with E-state index < -0.39 is 9.84 Å². The summed E-state index contributed by atoms with van der Waals surface area (Å²) in [6.45, 7) is 9.98. The number of anilines is 1. The number of likely N-dealkylation sites (tertiary alicyclic amines) is 1. The molecule has 0 unspecified atom stereocenters. The fourth-order valence-corrected chi connectivity index (χ4v) is 4.57. The summed E-state index contributed by atoms with van der Waals surface area (Å²) in [5.74, 6) is 2.21. The Morgan fingerprint density at radius 1 is 1.30 bits per heavy atom. The SMILES string of the molecule is Cc1nc(NCC[C@@H](C)C2CCN(C(=O)N=C(N)C(C)C)CC2)ccc1S(C)(=O)=O. The topological polar surface area (TPSA) is 118 Å². The zero-order valence-corrected chi connectivity index (χ0v) is 19.5. The van der Waals surface area contributed by atoms with Crippen LogP contribution >= 0.6 is 0 Å². The van der Waals surface area contributed by atoms with Gasteiger partial charge in [0.25, 0.3) is 0 Å². The molecule has 1 aromatic heterocycles. The summed E-state index contributed by atoms with van der Waals surface area (Å²) < 4.78 is 23.4. The normalized spacial score (nSPS) is 17.3. The number of aromatic nitrogens is 1. The number of amidine groups is 1. The van der Waals surface area contributed by atoms with E-state index >= 15 is 0 Å². The van der Waals surface area contributed by atoms with Gasteiger partial charge < -0.3 is 16.0 Å². The molecule has 3 N–H and O–H groups in total. The first-order chi connectivity index (χ1) is 14.0. The number of piperidine rings is 1. The van der Waals surface area contributed by atoms with Gasteiger partial charge in [-0.1, -0.05) is 20.8 Å². The quantitative estimate of drug-likeness (QED) is 0.500. The number of hydrogen-bond donors (Lipinski definition) is 2. The predicted octanol–water partition coefficient (Wildman–Crippen LogP) is 3.08. The third kappa shape index (κ3) is 6.68. The van der Waals surface area contributed by atoms with Crippen LogP contribution in [0.25, 0.3) is 0 Å². The number of pyridine rings is 1. The maximum absolute atomic E-state index is 12.2. The molecule has 0 aromatic carbocycles. The minimum Gasteiger partial charge on any atom is -0.387 e. The molecule has 8 nitrogen and oxygen atoms in total. The number of urea groups is 1. The lowest BCUT2D eigenvalue weighted by atomic mass is 9.83. The first kappa shape index (κ1) is 24.1. The van der Waals surface area contributed by atoms with Crippen LogP contribution in [0, 0.1) is 24.7 Å². The Hall–Kier alpha value is -2.16. The zero-order valence-electron chi connectivity index (χ0n) is 18.7. The Morgan fingerprint density at radius 2 is 1.93 bits per heavy atom. The molecule has 0 bridgehead atoms. The van der Waals surface area contributed by atoms with Crippen molar-refractivity contribution in [3.8, 4) is 0 Å². The Bertz CT molecular complexity index is 875. The molecule has 30 heavy (non-hydrogen) atoms. The number of nitrogens with zero attached hydrogens (tertiary/aromatic N) is 3. The molecule has 0 aliphatic carbocycles. The standard InChI is InChI=1S/C21H35N5O3S/c1-14(2)20(22)25-21(27)26-12-9-17(10-13-26)15(3)8-11-23-19-7-6-18(16(4)24-19)30(5,28)29/h6-7,14-15,17H,8-13H2,1-5H3,(H,23,24)(H2,22,25,27)/t15-/m1/s1. The van der Waals surface area contributed by atoms with Crippen molar-refractivity contribution in [1.82, 2.24) is 9.88 Å². The van der Waals surface area contributed by atoms with E-state index in [9.17, 15) is 13.2 Å². The van der Waals surface area contributed by atoms with Gasteiger partial charge in [-0.05, 0) is 50.2 Å². The predicted molar refractivity (Wildman–Crippen MR) is 121 cm³/mol. The van der Waals surface area contributed by atoms with E-state index in [1.807, 2.05) is 13.8 Å². The number of carbonyl (C=O) groups excluding carboxylic acids is 1. The lowest BCUT2D eigenvalue weighted by molar-refractivity contribution is 0.158. The van der Waals surface area contributed by atoms with Crippen molar-refractivity contribution in [1.29, 1.82) is 0 Å². The monoisotopic (exact) mass is 437 g/mol. The minimum atomic E-state index is -3.25. The summed E-state index contributed by atoms with van der Waals surface area (Å²) in [4.78, 5) is 22.7. The van der Waals surface area contributed by atoms with Crippen molar-refractivity contribution in [2.24, 2.45) is 28.5 Å². The summed E-state index contributed by atoms with van der Waals surface area (Å²) >= 11 is 0. The molecule has 1 saturated heterocycles. The van der Waals surface area contributed by atoms with E-state index in [0.29, 0.717) is 42.3 Å². The average Bonchev–Trinajstić information content (AvgIpc) is 2.66. The molecule has 1 atom stereocenters. The van der Waals surface area contributed by atoms with Crippen molar-refractivity contribution in [2.75, 3.05) is 31.2 Å². The fourth-order valence-electron chi connectivity index (χ4n) is 3.67. The molecular weight excluding hydrogens is 402 g/mol. The van der Waals surface area contributed by atoms with Crippen molar-refractivity contribution >= 4 is 27.5 Å². The van der Waals surface area contributed by atoms with Crippen LogP contribution in [0.2, 0.25) is 0 Å². The zero-order chi connectivity index (χ0) is 22.5. The van der Waals surface area contributed by atoms with Gasteiger partial charge in [0.05, 0.1) is 10.6 Å². The molecule has 1 aliphatic heterocycles.